The number of unbranched alkanes of at least 4 members (excludes halogenated alkanes) is 1. The van der Waals surface area contributed by atoms with Crippen molar-refractivity contribution >= 4 is 23.3 Å². The molecule has 0 aromatic heterocycles. The molecule has 1 saturated carbocycles. The number of ether oxygens (including phenoxy) is 1. The molecule has 5 nitrogen and oxygen atoms in total. The quantitative estimate of drug-likeness (QED) is 0.591. The maximum atomic E-state index is 12.8. The van der Waals surface area contributed by atoms with Crippen molar-refractivity contribution in [1.29, 1.82) is 0 Å². The Labute approximate surface area is 141 Å². The SMILES string of the molecule is CCCCC(=O)[C@@H]1C(=O)C[C@@H](c2ccccc2)[C@H](C(=O)OC)C1=O. The lowest BCUT2D eigenvalue weighted by molar-refractivity contribution is -0.156. The first-order valence-corrected chi connectivity index (χ1v) is 8.23. The van der Waals surface area contributed by atoms with Crippen molar-refractivity contribution in [3.05, 3.63) is 35.9 Å². The van der Waals surface area contributed by atoms with Gasteiger partial charge in [-0.05, 0) is 12.0 Å². The Bertz CT molecular complexity index is 634. The topological polar surface area (TPSA) is 77.5 Å². The van der Waals surface area contributed by atoms with Crippen LogP contribution >= 0.6 is 0 Å². The highest BCUT2D eigenvalue weighted by molar-refractivity contribution is 6.25. The molecule has 0 N–H and O–H groups in total. The molecule has 1 aliphatic rings. The summed E-state index contributed by atoms with van der Waals surface area (Å²) in [6, 6.07) is 8.95. The first-order chi connectivity index (χ1) is 11.5. The number of rotatable bonds is 6. The molecule has 0 aliphatic heterocycles. The summed E-state index contributed by atoms with van der Waals surface area (Å²) in [6.07, 6.45) is 1.61. The third-order valence-corrected chi connectivity index (χ3v) is 4.52. The zero-order chi connectivity index (χ0) is 17.7. The van der Waals surface area contributed by atoms with Gasteiger partial charge in [0.15, 0.2) is 17.3 Å². The van der Waals surface area contributed by atoms with Gasteiger partial charge in [0.25, 0.3) is 0 Å². The van der Waals surface area contributed by atoms with Gasteiger partial charge in [-0.1, -0.05) is 43.7 Å². The largest absolute Gasteiger partial charge is 0.468 e. The molecular formula is C19H22O5. The summed E-state index contributed by atoms with van der Waals surface area (Å²) < 4.78 is 4.77. The number of hydrogen-bond acceptors (Lipinski definition) is 5. The van der Waals surface area contributed by atoms with E-state index in [4.69, 9.17) is 4.74 Å². The molecule has 0 unspecified atom stereocenters. The predicted octanol–water partition coefficient (Wildman–Crippen LogP) is 2.48. The van der Waals surface area contributed by atoms with Crippen LogP contribution in [-0.4, -0.2) is 30.4 Å². The van der Waals surface area contributed by atoms with Gasteiger partial charge in [0, 0.05) is 18.8 Å². The first-order valence-electron chi connectivity index (χ1n) is 8.23. The third kappa shape index (κ3) is 3.61. The minimum absolute atomic E-state index is 0.00193. The minimum Gasteiger partial charge on any atom is -0.468 e. The molecule has 0 radical (unpaired) electrons. The van der Waals surface area contributed by atoms with E-state index in [1.165, 1.54) is 7.11 Å². The van der Waals surface area contributed by atoms with Crippen LogP contribution in [0.1, 0.15) is 44.1 Å². The molecule has 1 aromatic rings. The zero-order valence-electron chi connectivity index (χ0n) is 14.0. The van der Waals surface area contributed by atoms with Gasteiger partial charge in [-0.25, -0.2) is 0 Å². The highest BCUT2D eigenvalue weighted by atomic mass is 16.5. The van der Waals surface area contributed by atoms with Gasteiger partial charge in [0.2, 0.25) is 0 Å². The van der Waals surface area contributed by atoms with E-state index >= 15 is 0 Å². The second-order valence-electron chi connectivity index (χ2n) is 6.09. The summed E-state index contributed by atoms with van der Waals surface area (Å²) in [5, 5.41) is 0. The number of carbonyl (C=O) groups is 4. The van der Waals surface area contributed by atoms with Gasteiger partial charge in [0.1, 0.15) is 11.8 Å². The van der Waals surface area contributed by atoms with E-state index < -0.39 is 35.3 Å². The molecule has 0 saturated heterocycles. The Morgan fingerprint density at radius 1 is 1.17 bits per heavy atom. The molecule has 24 heavy (non-hydrogen) atoms. The molecule has 0 amide bonds. The molecule has 128 valence electrons. The van der Waals surface area contributed by atoms with E-state index in [2.05, 4.69) is 0 Å². The predicted molar refractivity (Wildman–Crippen MR) is 87.3 cm³/mol. The molecule has 5 heteroatoms. The van der Waals surface area contributed by atoms with Crippen molar-refractivity contribution in [2.75, 3.05) is 7.11 Å². The summed E-state index contributed by atoms with van der Waals surface area (Å²) in [6.45, 7) is 1.93. The number of carbonyl (C=O) groups excluding carboxylic acids is 4. The van der Waals surface area contributed by atoms with Gasteiger partial charge < -0.3 is 4.74 Å². The fourth-order valence-corrected chi connectivity index (χ4v) is 3.24. The van der Waals surface area contributed by atoms with Crippen LogP contribution in [0.5, 0.6) is 0 Å². The fourth-order valence-electron chi connectivity index (χ4n) is 3.24. The Morgan fingerprint density at radius 2 is 1.83 bits per heavy atom. The lowest BCUT2D eigenvalue weighted by Gasteiger charge is -2.32. The number of benzene rings is 1. The van der Waals surface area contributed by atoms with Crippen LogP contribution in [0.3, 0.4) is 0 Å². The van der Waals surface area contributed by atoms with Gasteiger partial charge >= 0.3 is 5.97 Å². The van der Waals surface area contributed by atoms with E-state index in [9.17, 15) is 19.2 Å². The van der Waals surface area contributed by atoms with E-state index in [-0.39, 0.29) is 18.6 Å². The Hall–Kier alpha value is -2.30. The van der Waals surface area contributed by atoms with Gasteiger partial charge in [-0.2, -0.15) is 0 Å². The van der Waals surface area contributed by atoms with Crippen molar-refractivity contribution in [1.82, 2.24) is 0 Å². The average Bonchev–Trinajstić information content (AvgIpc) is 2.59. The molecule has 0 spiro atoms. The lowest BCUT2D eigenvalue weighted by atomic mass is 9.68. The van der Waals surface area contributed by atoms with Crippen LogP contribution in [0.2, 0.25) is 0 Å². The van der Waals surface area contributed by atoms with Crippen LogP contribution < -0.4 is 0 Å². The van der Waals surface area contributed by atoms with Crippen molar-refractivity contribution in [2.24, 2.45) is 11.8 Å². The fraction of sp³-hybridized carbons (Fsp3) is 0.474. The van der Waals surface area contributed by atoms with E-state index in [1.54, 1.807) is 24.3 Å². The first kappa shape index (κ1) is 18.0. The van der Waals surface area contributed by atoms with E-state index in [0.29, 0.717) is 6.42 Å². The number of ketones is 3. The van der Waals surface area contributed by atoms with Crippen molar-refractivity contribution in [3.63, 3.8) is 0 Å². The molecular weight excluding hydrogens is 308 g/mol. The summed E-state index contributed by atoms with van der Waals surface area (Å²) in [4.78, 5) is 49.7. The van der Waals surface area contributed by atoms with Crippen LogP contribution in [-0.2, 0) is 23.9 Å². The molecule has 3 atom stereocenters. The lowest BCUT2D eigenvalue weighted by Crippen LogP contribution is -2.47. The Balaban J connectivity index is 2.34. The highest BCUT2D eigenvalue weighted by Gasteiger charge is 2.50. The van der Waals surface area contributed by atoms with Crippen molar-refractivity contribution < 1.29 is 23.9 Å². The van der Waals surface area contributed by atoms with Crippen molar-refractivity contribution in [3.8, 4) is 0 Å². The zero-order valence-corrected chi connectivity index (χ0v) is 14.0. The third-order valence-electron chi connectivity index (χ3n) is 4.52. The minimum atomic E-state index is -1.32. The average molecular weight is 330 g/mol. The van der Waals surface area contributed by atoms with Crippen LogP contribution in [0.15, 0.2) is 30.3 Å². The number of Topliss-reactive ketones (excluding diaryl/α,β-unsaturated/α-hetero) is 3. The molecule has 1 aliphatic carbocycles. The molecule has 2 rings (SSSR count). The van der Waals surface area contributed by atoms with Crippen LogP contribution in [0.4, 0.5) is 0 Å². The van der Waals surface area contributed by atoms with Gasteiger partial charge in [-0.3, -0.25) is 19.2 Å². The smallest absolute Gasteiger partial charge is 0.316 e. The highest BCUT2D eigenvalue weighted by Crippen LogP contribution is 2.38. The molecule has 0 bridgehead atoms. The normalized spacial score (nSPS) is 23.8. The number of hydrogen-bond donors (Lipinski definition) is 0. The summed E-state index contributed by atoms with van der Waals surface area (Å²) in [5.41, 5.74) is 0.731. The van der Waals surface area contributed by atoms with Crippen LogP contribution in [0.25, 0.3) is 0 Å². The maximum absolute atomic E-state index is 12.8. The summed E-state index contributed by atoms with van der Waals surface area (Å²) in [7, 11) is 1.21. The van der Waals surface area contributed by atoms with Gasteiger partial charge in [0.05, 0.1) is 7.11 Å². The molecule has 0 heterocycles. The maximum Gasteiger partial charge on any atom is 0.316 e. The van der Waals surface area contributed by atoms with Gasteiger partial charge in [-0.15, -0.1) is 0 Å². The second kappa shape index (κ2) is 7.99. The summed E-state index contributed by atoms with van der Waals surface area (Å²) >= 11 is 0. The summed E-state index contributed by atoms with van der Waals surface area (Å²) in [5.74, 6) is -5.08. The Kier molecular flexibility index (Phi) is 6.01. The Morgan fingerprint density at radius 3 is 2.42 bits per heavy atom. The van der Waals surface area contributed by atoms with Crippen LogP contribution in [0, 0.1) is 11.8 Å². The molecule has 1 aromatic carbocycles. The van der Waals surface area contributed by atoms with E-state index in [1.807, 2.05) is 13.0 Å². The number of esters is 1. The monoisotopic (exact) mass is 330 g/mol. The van der Waals surface area contributed by atoms with Crippen molar-refractivity contribution in [2.45, 2.75) is 38.5 Å². The standard InChI is InChI=1S/C19H22O5/c1-3-4-10-14(20)17-15(21)11-13(12-8-6-5-7-9-12)16(18(17)22)19(23)24-2/h5-9,13,16-17H,3-4,10-11H2,1-2H3/t13-,16-,17+/m0/s1. The van der Waals surface area contributed by atoms with E-state index in [0.717, 1.165) is 12.0 Å². The molecule has 1 fully saturated rings. The number of methoxy groups -OCH3 is 1. The second-order valence-corrected chi connectivity index (χ2v) is 6.09.